The summed E-state index contributed by atoms with van der Waals surface area (Å²) in [4.78, 5) is -0.747. The monoisotopic (exact) mass is 309 g/mol. The van der Waals surface area contributed by atoms with Gasteiger partial charge in [-0.3, -0.25) is 9.82 Å². The first-order chi connectivity index (χ1) is 9.99. The summed E-state index contributed by atoms with van der Waals surface area (Å²) in [6.45, 7) is 0. The van der Waals surface area contributed by atoms with E-state index in [2.05, 4.69) is 14.9 Å². The highest BCUT2D eigenvalue weighted by Crippen LogP contribution is 2.25. The van der Waals surface area contributed by atoms with Crippen molar-refractivity contribution < 1.29 is 17.2 Å². The number of halogens is 2. The first kappa shape index (κ1) is 13.5. The minimum atomic E-state index is -4.24. The maximum Gasteiger partial charge on any atom is 0.264 e. The zero-order valence-electron chi connectivity index (χ0n) is 10.5. The summed E-state index contributed by atoms with van der Waals surface area (Å²) in [5, 5.41) is 7.02. The fourth-order valence-corrected chi connectivity index (χ4v) is 3.12. The van der Waals surface area contributed by atoms with Gasteiger partial charge in [0.25, 0.3) is 10.0 Å². The summed E-state index contributed by atoms with van der Waals surface area (Å²) in [7, 11) is -4.24. The molecule has 0 bridgehead atoms. The second kappa shape index (κ2) is 4.81. The molecule has 2 N–H and O–H groups in total. The number of nitrogens with one attached hydrogen (secondary N) is 2. The molecular formula is C13H9F2N3O2S. The Morgan fingerprint density at radius 1 is 1.10 bits per heavy atom. The Labute approximate surface area is 118 Å². The van der Waals surface area contributed by atoms with Crippen molar-refractivity contribution in [3.63, 3.8) is 0 Å². The number of aromatic amines is 1. The van der Waals surface area contributed by atoms with Gasteiger partial charge in [0.1, 0.15) is 4.90 Å². The summed E-state index contributed by atoms with van der Waals surface area (Å²) in [5.74, 6) is -2.64. The molecule has 2 aromatic carbocycles. The molecule has 0 amide bonds. The maximum atomic E-state index is 13.6. The van der Waals surface area contributed by atoms with Gasteiger partial charge in [0.05, 0.1) is 17.4 Å². The fourth-order valence-electron chi connectivity index (χ4n) is 1.95. The Balaban J connectivity index is 2.08. The van der Waals surface area contributed by atoms with Crippen LogP contribution in [0, 0.1) is 11.6 Å². The zero-order valence-corrected chi connectivity index (χ0v) is 11.3. The van der Waals surface area contributed by atoms with Crippen LogP contribution in [0.2, 0.25) is 0 Å². The number of nitrogens with zero attached hydrogens (tertiary/aromatic N) is 1. The molecule has 5 nitrogen and oxygen atoms in total. The Kier molecular flexibility index (Phi) is 3.09. The van der Waals surface area contributed by atoms with E-state index >= 15 is 0 Å². The van der Waals surface area contributed by atoms with E-state index in [1.807, 2.05) is 0 Å². The van der Waals surface area contributed by atoms with Gasteiger partial charge in [-0.05, 0) is 24.3 Å². The van der Waals surface area contributed by atoms with Gasteiger partial charge in [-0.25, -0.2) is 17.2 Å². The molecule has 3 aromatic rings. The summed E-state index contributed by atoms with van der Waals surface area (Å²) in [6, 6.07) is 7.81. The van der Waals surface area contributed by atoms with Gasteiger partial charge in [-0.15, -0.1) is 0 Å². The minimum absolute atomic E-state index is 0.227. The SMILES string of the molecule is O=S(=O)(Nc1cccc2[nH]ncc12)c1cccc(F)c1F. The summed E-state index contributed by atoms with van der Waals surface area (Å²) in [5.41, 5.74) is 0.847. The lowest BCUT2D eigenvalue weighted by molar-refractivity contribution is 0.485. The van der Waals surface area contributed by atoms with Crippen LogP contribution in [-0.2, 0) is 10.0 Å². The summed E-state index contributed by atoms with van der Waals surface area (Å²) < 4.78 is 53.4. The molecule has 21 heavy (non-hydrogen) atoms. The maximum absolute atomic E-state index is 13.6. The van der Waals surface area contributed by atoms with E-state index in [1.165, 1.54) is 12.3 Å². The van der Waals surface area contributed by atoms with E-state index in [-0.39, 0.29) is 5.69 Å². The first-order valence-corrected chi connectivity index (χ1v) is 7.36. The second-order valence-electron chi connectivity index (χ2n) is 4.29. The van der Waals surface area contributed by atoms with Crippen LogP contribution in [-0.4, -0.2) is 18.6 Å². The number of benzene rings is 2. The topological polar surface area (TPSA) is 74.8 Å². The van der Waals surface area contributed by atoms with Crippen LogP contribution in [0.4, 0.5) is 14.5 Å². The number of anilines is 1. The molecule has 108 valence electrons. The fraction of sp³-hybridized carbons (Fsp3) is 0. The number of hydrogen-bond donors (Lipinski definition) is 2. The molecule has 0 unspecified atom stereocenters. The largest absolute Gasteiger partial charge is 0.279 e. The lowest BCUT2D eigenvalue weighted by Gasteiger charge is -2.09. The van der Waals surface area contributed by atoms with Crippen molar-refractivity contribution in [3.05, 3.63) is 54.2 Å². The van der Waals surface area contributed by atoms with Gasteiger partial charge in [0.15, 0.2) is 11.6 Å². The molecule has 0 aliphatic carbocycles. The predicted octanol–water partition coefficient (Wildman–Crippen LogP) is 2.64. The minimum Gasteiger partial charge on any atom is -0.279 e. The van der Waals surface area contributed by atoms with E-state index in [1.54, 1.807) is 12.1 Å². The van der Waals surface area contributed by atoms with Gasteiger partial charge in [0, 0.05) is 5.39 Å². The quantitative estimate of drug-likeness (QED) is 0.781. The highest BCUT2D eigenvalue weighted by molar-refractivity contribution is 7.92. The van der Waals surface area contributed by atoms with Crippen molar-refractivity contribution in [2.75, 3.05) is 4.72 Å². The van der Waals surface area contributed by atoms with Gasteiger partial charge in [-0.1, -0.05) is 12.1 Å². The van der Waals surface area contributed by atoms with Gasteiger partial charge >= 0.3 is 0 Å². The van der Waals surface area contributed by atoms with Gasteiger partial charge in [0.2, 0.25) is 0 Å². The Morgan fingerprint density at radius 2 is 1.86 bits per heavy atom. The average molecular weight is 309 g/mol. The van der Waals surface area contributed by atoms with E-state index in [4.69, 9.17) is 0 Å². The number of sulfonamides is 1. The van der Waals surface area contributed by atoms with Crippen LogP contribution in [0.3, 0.4) is 0 Å². The molecule has 0 saturated heterocycles. The molecular weight excluding hydrogens is 300 g/mol. The van der Waals surface area contributed by atoms with Crippen molar-refractivity contribution in [2.24, 2.45) is 0 Å². The number of H-pyrrole nitrogens is 1. The molecule has 0 spiro atoms. The molecule has 8 heteroatoms. The number of aromatic nitrogens is 2. The smallest absolute Gasteiger partial charge is 0.264 e. The third-order valence-corrected chi connectivity index (χ3v) is 4.32. The normalized spacial score (nSPS) is 11.7. The van der Waals surface area contributed by atoms with E-state index in [0.29, 0.717) is 10.9 Å². The van der Waals surface area contributed by atoms with Crippen LogP contribution in [0.15, 0.2) is 47.5 Å². The van der Waals surface area contributed by atoms with Crippen molar-refractivity contribution in [3.8, 4) is 0 Å². The zero-order chi connectivity index (χ0) is 15.0. The van der Waals surface area contributed by atoms with Gasteiger partial charge in [-0.2, -0.15) is 5.10 Å². The van der Waals surface area contributed by atoms with Crippen molar-refractivity contribution in [1.29, 1.82) is 0 Å². The van der Waals surface area contributed by atoms with Crippen LogP contribution in [0.25, 0.3) is 10.9 Å². The molecule has 3 rings (SSSR count). The van der Waals surface area contributed by atoms with Crippen molar-refractivity contribution in [2.45, 2.75) is 4.90 Å². The third-order valence-electron chi connectivity index (χ3n) is 2.93. The Hall–Kier alpha value is -2.48. The van der Waals surface area contributed by atoms with Crippen molar-refractivity contribution in [1.82, 2.24) is 10.2 Å². The summed E-state index contributed by atoms with van der Waals surface area (Å²) >= 11 is 0. The lowest BCUT2D eigenvalue weighted by atomic mass is 10.2. The van der Waals surface area contributed by atoms with Crippen LogP contribution < -0.4 is 4.72 Å². The molecule has 0 fully saturated rings. The number of hydrogen-bond acceptors (Lipinski definition) is 3. The van der Waals surface area contributed by atoms with Crippen LogP contribution in [0.1, 0.15) is 0 Å². The lowest BCUT2D eigenvalue weighted by Crippen LogP contribution is -2.15. The van der Waals surface area contributed by atoms with Gasteiger partial charge < -0.3 is 0 Å². The first-order valence-electron chi connectivity index (χ1n) is 5.88. The Bertz CT molecular complexity index is 922. The Morgan fingerprint density at radius 3 is 2.67 bits per heavy atom. The molecule has 1 heterocycles. The molecule has 0 aliphatic rings. The molecule has 1 aromatic heterocycles. The predicted molar refractivity (Wildman–Crippen MR) is 73.3 cm³/mol. The third kappa shape index (κ3) is 2.33. The molecule has 0 saturated carbocycles. The number of rotatable bonds is 3. The van der Waals surface area contributed by atoms with E-state index < -0.39 is 26.6 Å². The second-order valence-corrected chi connectivity index (χ2v) is 5.95. The molecule has 0 radical (unpaired) electrons. The van der Waals surface area contributed by atoms with Crippen molar-refractivity contribution >= 4 is 26.6 Å². The highest BCUT2D eigenvalue weighted by Gasteiger charge is 2.22. The van der Waals surface area contributed by atoms with E-state index in [9.17, 15) is 17.2 Å². The van der Waals surface area contributed by atoms with E-state index in [0.717, 1.165) is 18.2 Å². The number of fused-ring (bicyclic) bond motifs is 1. The standard InChI is InChI=1S/C13H9F2N3O2S/c14-9-3-1-6-12(13(9)15)21(19,20)18-11-5-2-4-10-8(11)7-16-17-10/h1-7,18H,(H,16,17). The highest BCUT2D eigenvalue weighted by atomic mass is 32.2. The molecule has 0 atom stereocenters. The average Bonchev–Trinajstić information content (AvgIpc) is 2.91. The van der Waals surface area contributed by atoms with Crippen LogP contribution >= 0.6 is 0 Å². The van der Waals surface area contributed by atoms with Crippen LogP contribution in [0.5, 0.6) is 0 Å². The molecule has 0 aliphatic heterocycles. The summed E-state index contributed by atoms with van der Waals surface area (Å²) in [6.07, 6.45) is 1.44.